The van der Waals surface area contributed by atoms with E-state index in [0.717, 1.165) is 13.0 Å². The van der Waals surface area contributed by atoms with Crippen LogP contribution in [-0.2, 0) is 0 Å². The van der Waals surface area contributed by atoms with E-state index in [2.05, 4.69) is 50.2 Å². The molecule has 0 spiro atoms. The van der Waals surface area contributed by atoms with E-state index in [-0.39, 0.29) is 0 Å². The lowest BCUT2D eigenvalue weighted by Gasteiger charge is -2.17. The number of rotatable bonds is 4. The third kappa shape index (κ3) is 3.42. The molecule has 0 aromatic heterocycles. The molecule has 80 valence electrons. The summed E-state index contributed by atoms with van der Waals surface area (Å²) in [5.74, 6) is 2.73. The molecule has 0 fully saturated rings. The van der Waals surface area contributed by atoms with Crippen molar-refractivity contribution in [2.45, 2.75) is 33.2 Å². The largest absolute Gasteiger partial charge is 0.309 e. The highest BCUT2D eigenvalue weighted by Gasteiger charge is 2.09. The highest BCUT2D eigenvalue weighted by atomic mass is 14.9. The van der Waals surface area contributed by atoms with Crippen molar-refractivity contribution in [3.05, 3.63) is 34.9 Å². The second-order valence-corrected chi connectivity index (χ2v) is 3.94. The number of benzene rings is 1. The molecule has 1 heteroatoms. The maximum absolute atomic E-state index is 5.38. The second kappa shape index (κ2) is 5.58. The van der Waals surface area contributed by atoms with Crippen LogP contribution in [0.5, 0.6) is 0 Å². The average Bonchev–Trinajstić information content (AvgIpc) is 2.16. The smallest absolute Gasteiger partial charge is 0.0430 e. The van der Waals surface area contributed by atoms with Gasteiger partial charge in [-0.15, -0.1) is 12.3 Å². The fraction of sp³-hybridized carbons (Fsp3) is 0.429. The summed E-state index contributed by atoms with van der Waals surface area (Å²) in [6.45, 7) is 7.29. The predicted molar refractivity (Wildman–Crippen MR) is 65.8 cm³/mol. The first-order valence-electron chi connectivity index (χ1n) is 5.42. The molecule has 0 aliphatic rings. The summed E-state index contributed by atoms with van der Waals surface area (Å²) >= 11 is 0. The summed E-state index contributed by atoms with van der Waals surface area (Å²) in [4.78, 5) is 0. The molecule has 0 saturated carbocycles. The number of aryl methyl sites for hydroxylation is 2. The van der Waals surface area contributed by atoms with E-state index in [0.29, 0.717) is 6.04 Å². The average molecular weight is 201 g/mol. The Hall–Kier alpha value is -1.26. The zero-order valence-corrected chi connectivity index (χ0v) is 9.80. The molecule has 0 aliphatic heterocycles. The molecule has 0 radical (unpaired) electrons. The third-order valence-corrected chi connectivity index (χ3v) is 2.42. The van der Waals surface area contributed by atoms with Crippen molar-refractivity contribution < 1.29 is 0 Å². The number of terminal acetylenes is 1. The molecule has 1 unspecified atom stereocenters. The van der Waals surface area contributed by atoms with Gasteiger partial charge in [0.05, 0.1) is 0 Å². The Bertz CT molecular complexity index is 340. The Balaban J connectivity index is 2.95. The van der Waals surface area contributed by atoms with Crippen LogP contribution < -0.4 is 5.32 Å². The van der Waals surface area contributed by atoms with Crippen molar-refractivity contribution in [2.24, 2.45) is 0 Å². The van der Waals surface area contributed by atoms with Crippen LogP contribution in [-0.4, -0.2) is 6.54 Å². The van der Waals surface area contributed by atoms with Crippen LogP contribution in [0.4, 0.5) is 0 Å². The van der Waals surface area contributed by atoms with Crippen LogP contribution in [0.2, 0.25) is 0 Å². The van der Waals surface area contributed by atoms with Crippen LogP contribution in [0.3, 0.4) is 0 Å². The maximum atomic E-state index is 5.38. The van der Waals surface area contributed by atoms with Gasteiger partial charge in [-0.05, 0) is 26.0 Å². The van der Waals surface area contributed by atoms with Crippen LogP contribution in [0, 0.1) is 26.2 Å². The minimum Gasteiger partial charge on any atom is -0.309 e. The van der Waals surface area contributed by atoms with Gasteiger partial charge < -0.3 is 5.32 Å². The topological polar surface area (TPSA) is 12.0 Å². The van der Waals surface area contributed by atoms with Gasteiger partial charge in [0.25, 0.3) is 0 Å². The Labute approximate surface area is 92.9 Å². The van der Waals surface area contributed by atoms with E-state index in [1.54, 1.807) is 0 Å². The number of nitrogens with one attached hydrogen (secondary N) is 1. The normalized spacial score (nSPS) is 12.1. The molecule has 0 heterocycles. The van der Waals surface area contributed by atoms with Gasteiger partial charge in [-0.1, -0.05) is 36.2 Å². The molecule has 1 nitrogen and oxygen atoms in total. The summed E-state index contributed by atoms with van der Waals surface area (Å²) in [6, 6.07) is 6.89. The van der Waals surface area contributed by atoms with Gasteiger partial charge in [0, 0.05) is 12.5 Å². The van der Waals surface area contributed by atoms with Gasteiger partial charge in [-0.25, -0.2) is 0 Å². The van der Waals surface area contributed by atoms with Gasteiger partial charge in [-0.2, -0.15) is 0 Å². The lowest BCUT2D eigenvalue weighted by Crippen LogP contribution is -2.20. The summed E-state index contributed by atoms with van der Waals surface area (Å²) in [5, 5.41) is 3.41. The van der Waals surface area contributed by atoms with E-state index >= 15 is 0 Å². The first-order chi connectivity index (χ1) is 7.17. The minimum atomic E-state index is 0.290. The Kier molecular flexibility index (Phi) is 4.39. The Morgan fingerprint density at radius 1 is 1.27 bits per heavy atom. The summed E-state index contributed by atoms with van der Waals surface area (Å²) < 4.78 is 0. The fourth-order valence-electron chi connectivity index (χ4n) is 1.88. The Morgan fingerprint density at radius 3 is 2.33 bits per heavy atom. The van der Waals surface area contributed by atoms with Crippen LogP contribution >= 0.6 is 0 Å². The van der Waals surface area contributed by atoms with Crippen LogP contribution in [0.25, 0.3) is 0 Å². The molecular weight excluding hydrogens is 182 g/mol. The molecular formula is C14H19N. The molecule has 15 heavy (non-hydrogen) atoms. The first kappa shape index (κ1) is 11.8. The fourth-order valence-corrected chi connectivity index (χ4v) is 1.88. The Morgan fingerprint density at radius 2 is 1.87 bits per heavy atom. The van der Waals surface area contributed by atoms with Crippen molar-refractivity contribution in [2.75, 3.05) is 6.54 Å². The van der Waals surface area contributed by atoms with Gasteiger partial charge >= 0.3 is 0 Å². The van der Waals surface area contributed by atoms with Gasteiger partial charge in [0.2, 0.25) is 0 Å². The van der Waals surface area contributed by atoms with E-state index < -0.39 is 0 Å². The zero-order valence-electron chi connectivity index (χ0n) is 9.80. The molecule has 0 saturated heterocycles. The highest BCUT2D eigenvalue weighted by Crippen LogP contribution is 2.19. The molecule has 0 bridgehead atoms. The SMILES string of the molecule is C#CCC(NCC)c1cc(C)cc(C)c1. The molecule has 0 amide bonds. The zero-order chi connectivity index (χ0) is 11.3. The van der Waals surface area contributed by atoms with E-state index in [1.807, 2.05) is 0 Å². The minimum absolute atomic E-state index is 0.290. The summed E-state index contributed by atoms with van der Waals surface area (Å²) in [5.41, 5.74) is 3.89. The van der Waals surface area contributed by atoms with Crippen molar-refractivity contribution in [1.29, 1.82) is 0 Å². The molecule has 1 rings (SSSR count). The van der Waals surface area contributed by atoms with E-state index in [4.69, 9.17) is 6.42 Å². The van der Waals surface area contributed by atoms with E-state index in [1.165, 1.54) is 16.7 Å². The monoisotopic (exact) mass is 201 g/mol. The van der Waals surface area contributed by atoms with E-state index in [9.17, 15) is 0 Å². The van der Waals surface area contributed by atoms with Gasteiger partial charge in [0.1, 0.15) is 0 Å². The standard InChI is InChI=1S/C14H19N/c1-5-7-14(15-6-2)13-9-11(3)8-12(4)10-13/h1,8-10,14-15H,6-7H2,2-4H3. The van der Waals surface area contributed by atoms with Crippen LogP contribution in [0.15, 0.2) is 18.2 Å². The summed E-state index contributed by atoms with van der Waals surface area (Å²) in [6.07, 6.45) is 6.13. The quantitative estimate of drug-likeness (QED) is 0.738. The first-order valence-corrected chi connectivity index (χ1v) is 5.42. The maximum Gasteiger partial charge on any atom is 0.0430 e. The lowest BCUT2D eigenvalue weighted by molar-refractivity contribution is 0.565. The predicted octanol–water partition coefficient (Wildman–Crippen LogP) is 2.98. The lowest BCUT2D eigenvalue weighted by atomic mass is 9.99. The van der Waals surface area contributed by atoms with Crippen LogP contribution in [0.1, 0.15) is 36.1 Å². The van der Waals surface area contributed by atoms with Crippen molar-refractivity contribution in [3.8, 4) is 12.3 Å². The van der Waals surface area contributed by atoms with Crippen molar-refractivity contribution in [1.82, 2.24) is 5.32 Å². The molecule has 0 aliphatic carbocycles. The second-order valence-electron chi connectivity index (χ2n) is 3.94. The number of hydrogen-bond acceptors (Lipinski definition) is 1. The van der Waals surface area contributed by atoms with Crippen molar-refractivity contribution >= 4 is 0 Å². The summed E-state index contributed by atoms with van der Waals surface area (Å²) in [7, 11) is 0. The third-order valence-electron chi connectivity index (χ3n) is 2.42. The molecule has 1 aromatic rings. The van der Waals surface area contributed by atoms with Gasteiger partial charge in [0.15, 0.2) is 0 Å². The molecule has 1 atom stereocenters. The molecule has 1 N–H and O–H groups in total. The van der Waals surface area contributed by atoms with Crippen molar-refractivity contribution in [3.63, 3.8) is 0 Å². The molecule has 1 aromatic carbocycles. The van der Waals surface area contributed by atoms with Gasteiger partial charge in [-0.3, -0.25) is 0 Å². The number of hydrogen-bond donors (Lipinski definition) is 1. The highest BCUT2D eigenvalue weighted by molar-refractivity contribution is 5.31.